The Morgan fingerprint density at radius 1 is 1.07 bits per heavy atom. The number of carbonyl (C=O) groups is 1. The maximum absolute atomic E-state index is 12.2. The maximum Gasteiger partial charge on any atom is 0.255 e. The molecule has 1 amide bonds. The second-order valence-electron chi connectivity index (χ2n) is 7.35. The van der Waals surface area contributed by atoms with Crippen LogP contribution in [0.1, 0.15) is 55.5 Å². The third kappa shape index (κ3) is 4.89. The largest absolute Gasteiger partial charge is 0.354 e. The maximum atomic E-state index is 12.2. The Bertz CT molecular complexity index is 900. The SMILES string of the molecule is CC(Nc1nc(C(C)(C)C)ns1)c1ccc(NC(=O)c2ccncc2)cc1. The summed E-state index contributed by atoms with van der Waals surface area (Å²) in [6.45, 7) is 8.37. The van der Waals surface area contributed by atoms with E-state index in [1.54, 1.807) is 24.5 Å². The van der Waals surface area contributed by atoms with E-state index < -0.39 is 0 Å². The first-order valence-electron chi connectivity index (χ1n) is 8.75. The number of amides is 1. The van der Waals surface area contributed by atoms with Crippen molar-refractivity contribution in [1.82, 2.24) is 14.3 Å². The van der Waals surface area contributed by atoms with Crippen molar-refractivity contribution in [3.05, 3.63) is 65.7 Å². The summed E-state index contributed by atoms with van der Waals surface area (Å²) >= 11 is 1.37. The molecule has 7 heteroatoms. The number of nitrogens with one attached hydrogen (secondary N) is 2. The van der Waals surface area contributed by atoms with Crippen molar-refractivity contribution < 1.29 is 4.79 Å². The average Bonchev–Trinajstić information content (AvgIpc) is 3.12. The first kappa shape index (κ1) is 19.0. The molecule has 2 N–H and O–H groups in total. The van der Waals surface area contributed by atoms with Crippen LogP contribution in [0.25, 0.3) is 0 Å². The number of pyridine rings is 1. The van der Waals surface area contributed by atoms with Crippen molar-refractivity contribution in [1.29, 1.82) is 0 Å². The summed E-state index contributed by atoms with van der Waals surface area (Å²) in [5.41, 5.74) is 2.37. The molecule has 0 spiro atoms. The molecule has 0 bridgehead atoms. The third-order valence-electron chi connectivity index (χ3n) is 4.05. The second-order valence-corrected chi connectivity index (χ2v) is 8.10. The molecule has 0 saturated carbocycles. The molecule has 27 heavy (non-hydrogen) atoms. The van der Waals surface area contributed by atoms with Crippen LogP contribution in [0.5, 0.6) is 0 Å². The normalized spacial score (nSPS) is 12.4. The van der Waals surface area contributed by atoms with Crippen molar-refractivity contribution in [2.75, 3.05) is 10.6 Å². The van der Waals surface area contributed by atoms with Crippen LogP contribution in [0.3, 0.4) is 0 Å². The van der Waals surface area contributed by atoms with Crippen LogP contribution < -0.4 is 10.6 Å². The van der Waals surface area contributed by atoms with E-state index in [1.165, 1.54) is 11.5 Å². The Hall–Kier alpha value is -2.80. The molecule has 0 saturated heterocycles. The van der Waals surface area contributed by atoms with Crippen LogP contribution in [0.15, 0.2) is 48.8 Å². The Morgan fingerprint density at radius 3 is 2.33 bits per heavy atom. The zero-order valence-electron chi connectivity index (χ0n) is 15.9. The van der Waals surface area contributed by atoms with E-state index in [9.17, 15) is 4.79 Å². The molecular formula is C20H23N5OS. The van der Waals surface area contributed by atoms with Gasteiger partial charge in [0.25, 0.3) is 5.91 Å². The summed E-state index contributed by atoms with van der Waals surface area (Å²) in [5.74, 6) is 0.691. The lowest BCUT2D eigenvalue weighted by Crippen LogP contribution is -2.14. The van der Waals surface area contributed by atoms with Gasteiger partial charge >= 0.3 is 0 Å². The smallest absolute Gasteiger partial charge is 0.255 e. The minimum atomic E-state index is -0.153. The van der Waals surface area contributed by atoms with E-state index in [2.05, 4.69) is 52.7 Å². The molecule has 3 aromatic rings. The molecule has 0 fully saturated rings. The molecule has 0 aliphatic heterocycles. The van der Waals surface area contributed by atoms with Gasteiger partial charge in [0.2, 0.25) is 5.13 Å². The van der Waals surface area contributed by atoms with Crippen LogP contribution in [-0.2, 0) is 5.41 Å². The van der Waals surface area contributed by atoms with Gasteiger partial charge in [-0.15, -0.1) is 0 Å². The zero-order valence-corrected chi connectivity index (χ0v) is 16.7. The molecule has 3 rings (SSSR count). The van der Waals surface area contributed by atoms with Gasteiger partial charge in [-0.2, -0.15) is 4.37 Å². The van der Waals surface area contributed by atoms with Crippen molar-refractivity contribution in [3.8, 4) is 0 Å². The number of aromatic nitrogens is 3. The minimum Gasteiger partial charge on any atom is -0.354 e. The second kappa shape index (κ2) is 7.84. The summed E-state index contributed by atoms with van der Waals surface area (Å²) in [5, 5.41) is 7.08. The quantitative estimate of drug-likeness (QED) is 0.672. The van der Waals surface area contributed by atoms with Gasteiger partial charge in [-0.1, -0.05) is 32.9 Å². The molecule has 1 aromatic carbocycles. The average molecular weight is 382 g/mol. The molecule has 2 aromatic heterocycles. The van der Waals surface area contributed by atoms with Gasteiger partial charge in [-0.25, -0.2) is 4.98 Å². The van der Waals surface area contributed by atoms with Crippen LogP contribution in [0.4, 0.5) is 10.8 Å². The van der Waals surface area contributed by atoms with Crippen molar-refractivity contribution in [2.45, 2.75) is 39.2 Å². The summed E-state index contributed by atoms with van der Waals surface area (Å²) in [6, 6.07) is 11.2. The minimum absolute atomic E-state index is 0.0612. The van der Waals surface area contributed by atoms with Crippen LogP contribution in [-0.4, -0.2) is 20.2 Å². The Morgan fingerprint density at radius 2 is 1.74 bits per heavy atom. The highest BCUT2D eigenvalue weighted by Gasteiger charge is 2.20. The molecule has 6 nitrogen and oxygen atoms in total. The molecule has 2 heterocycles. The highest BCUT2D eigenvalue weighted by Crippen LogP contribution is 2.26. The molecular weight excluding hydrogens is 358 g/mol. The predicted molar refractivity (Wildman–Crippen MR) is 109 cm³/mol. The van der Waals surface area contributed by atoms with E-state index in [4.69, 9.17) is 0 Å². The Labute approximate surface area is 163 Å². The van der Waals surface area contributed by atoms with Gasteiger partial charge < -0.3 is 10.6 Å². The standard InChI is InChI=1S/C20H23N5OS/c1-13(22-19-24-18(25-27-19)20(2,3)4)14-5-7-16(8-6-14)23-17(26)15-9-11-21-12-10-15/h5-13H,1-4H3,(H,23,26)(H,22,24,25). The van der Waals surface area contributed by atoms with Crippen molar-refractivity contribution in [2.24, 2.45) is 0 Å². The highest BCUT2D eigenvalue weighted by atomic mass is 32.1. The Balaban J connectivity index is 1.62. The van der Waals surface area contributed by atoms with Crippen molar-refractivity contribution >= 4 is 28.3 Å². The number of carbonyl (C=O) groups excluding carboxylic acids is 1. The van der Waals surface area contributed by atoms with Crippen LogP contribution in [0.2, 0.25) is 0 Å². The summed E-state index contributed by atoms with van der Waals surface area (Å²) < 4.78 is 4.43. The molecule has 0 radical (unpaired) electrons. The van der Waals surface area contributed by atoms with Crippen molar-refractivity contribution in [3.63, 3.8) is 0 Å². The monoisotopic (exact) mass is 381 g/mol. The fourth-order valence-corrected chi connectivity index (χ4v) is 3.26. The van der Waals surface area contributed by atoms with Crippen LogP contribution >= 0.6 is 11.5 Å². The summed E-state index contributed by atoms with van der Waals surface area (Å²) in [4.78, 5) is 20.7. The zero-order chi connectivity index (χ0) is 19.4. The number of anilines is 2. The topological polar surface area (TPSA) is 79.8 Å². The van der Waals surface area contributed by atoms with E-state index in [0.717, 1.165) is 22.2 Å². The highest BCUT2D eigenvalue weighted by molar-refractivity contribution is 7.09. The van der Waals surface area contributed by atoms with E-state index in [0.29, 0.717) is 5.56 Å². The van der Waals surface area contributed by atoms with Gasteiger partial charge in [-0.05, 0) is 36.8 Å². The van der Waals surface area contributed by atoms with Gasteiger partial charge in [0, 0.05) is 40.6 Å². The van der Waals surface area contributed by atoms with Crippen LogP contribution in [0, 0.1) is 0 Å². The van der Waals surface area contributed by atoms with Gasteiger partial charge in [0.1, 0.15) is 5.82 Å². The third-order valence-corrected chi connectivity index (χ3v) is 4.69. The molecule has 0 aliphatic carbocycles. The first-order chi connectivity index (χ1) is 12.8. The lowest BCUT2D eigenvalue weighted by atomic mass is 9.96. The summed E-state index contributed by atoms with van der Waals surface area (Å²) in [6.07, 6.45) is 3.20. The number of nitrogens with zero attached hydrogens (tertiary/aromatic N) is 3. The van der Waals surface area contributed by atoms with Gasteiger partial charge in [-0.3, -0.25) is 9.78 Å². The lowest BCUT2D eigenvalue weighted by molar-refractivity contribution is 0.102. The molecule has 1 atom stereocenters. The molecule has 1 unspecified atom stereocenters. The van der Waals surface area contributed by atoms with Gasteiger partial charge in [0.05, 0.1) is 6.04 Å². The number of hydrogen-bond donors (Lipinski definition) is 2. The van der Waals surface area contributed by atoms with E-state index >= 15 is 0 Å². The summed E-state index contributed by atoms with van der Waals surface area (Å²) in [7, 11) is 0. The number of rotatable bonds is 5. The van der Waals surface area contributed by atoms with E-state index in [1.807, 2.05) is 24.3 Å². The van der Waals surface area contributed by atoms with Gasteiger partial charge in [0.15, 0.2) is 0 Å². The lowest BCUT2D eigenvalue weighted by Gasteiger charge is -2.15. The fourth-order valence-electron chi connectivity index (χ4n) is 2.42. The number of benzene rings is 1. The number of hydrogen-bond acceptors (Lipinski definition) is 6. The Kier molecular flexibility index (Phi) is 5.51. The molecule has 140 valence electrons. The fraction of sp³-hybridized carbons (Fsp3) is 0.300. The van der Waals surface area contributed by atoms with E-state index in [-0.39, 0.29) is 17.4 Å². The first-order valence-corrected chi connectivity index (χ1v) is 9.52. The predicted octanol–water partition coefficient (Wildman–Crippen LogP) is 4.66. The molecule has 0 aliphatic rings.